The second-order valence-corrected chi connectivity index (χ2v) is 7.52. The predicted octanol–water partition coefficient (Wildman–Crippen LogP) is 4.59. The summed E-state index contributed by atoms with van der Waals surface area (Å²) in [5, 5.41) is 6.26. The molecular formula is C26H28N2O7. The van der Waals surface area contributed by atoms with Crippen LogP contribution in [0, 0.1) is 6.92 Å². The highest BCUT2D eigenvalue weighted by atomic mass is 16.5. The number of rotatable bonds is 11. The molecule has 1 aromatic heterocycles. The van der Waals surface area contributed by atoms with Gasteiger partial charge in [0.25, 0.3) is 5.91 Å². The number of carbonyl (C=O) groups is 3. The second-order valence-electron chi connectivity index (χ2n) is 7.52. The van der Waals surface area contributed by atoms with E-state index in [9.17, 15) is 14.4 Å². The molecule has 0 fully saturated rings. The highest BCUT2D eigenvalue weighted by molar-refractivity contribution is 6.15. The van der Waals surface area contributed by atoms with Gasteiger partial charge < -0.3 is 24.1 Å². The van der Waals surface area contributed by atoms with Gasteiger partial charge in [0, 0.05) is 17.2 Å². The van der Waals surface area contributed by atoms with Gasteiger partial charge in [-0.3, -0.25) is 9.59 Å². The maximum absolute atomic E-state index is 13.3. The lowest BCUT2D eigenvalue weighted by Crippen LogP contribution is -2.32. The van der Waals surface area contributed by atoms with E-state index in [4.69, 9.17) is 18.7 Å². The number of nitrogens with zero attached hydrogens (tertiary/aromatic N) is 1. The van der Waals surface area contributed by atoms with Crippen LogP contribution in [0.4, 0.5) is 5.82 Å². The number of amides is 1. The first-order chi connectivity index (χ1) is 16.9. The number of aromatic nitrogens is 1. The Hall–Kier alpha value is -4.14. The molecule has 0 aliphatic carbocycles. The van der Waals surface area contributed by atoms with Crippen LogP contribution in [0.1, 0.15) is 59.2 Å². The number of aryl methyl sites for hydroxylation is 1. The summed E-state index contributed by atoms with van der Waals surface area (Å²) in [6.07, 6.45) is -0.862. The van der Waals surface area contributed by atoms with Gasteiger partial charge in [0.1, 0.15) is 5.76 Å². The standard InChI is InChI=1S/C26H28N2O7/c1-5-20(25(30)27-23-14-16(4)35-28-23)34-26(31)19-11-9-8-10-18(19)24(29)17-12-13-21(32-6-2)22(15-17)33-7-3/h8-15,20H,5-7H2,1-4H3,(H,27,28,30). The van der Waals surface area contributed by atoms with Gasteiger partial charge in [0.2, 0.25) is 0 Å². The Kier molecular flexibility index (Phi) is 8.61. The van der Waals surface area contributed by atoms with Crippen LogP contribution in [0.25, 0.3) is 0 Å². The van der Waals surface area contributed by atoms with Crippen LogP contribution < -0.4 is 14.8 Å². The quantitative estimate of drug-likeness (QED) is 0.313. The first-order valence-electron chi connectivity index (χ1n) is 11.4. The van der Waals surface area contributed by atoms with Gasteiger partial charge in [-0.2, -0.15) is 0 Å². The van der Waals surface area contributed by atoms with Crippen LogP contribution in [0.15, 0.2) is 53.1 Å². The number of ether oxygens (including phenoxy) is 3. The lowest BCUT2D eigenvalue weighted by molar-refractivity contribution is -0.124. The number of benzene rings is 2. The molecule has 1 unspecified atom stereocenters. The van der Waals surface area contributed by atoms with Crippen LogP contribution in [0.3, 0.4) is 0 Å². The summed E-state index contributed by atoms with van der Waals surface area (Å²) in [6.45, 7) is 7.93. The van der Waals surface area contributed by atoms with Crippen molar-refractivity contribution in [1.82, 2.24) is 5.16 Å². The molecule has 0 aliphatic rings. The first kappa shape index (κ1) is 25.5. The van der Waals surface area contributed by atoms with Gasteiger partial charge in [-0.1, -0.05) is 30.3 Å². The molecule has 9 nitrogen and oxygen atoms in total. The molecule has 0 radical (unpaired) electrons. The third-order valence-corrected chi connectivity index (χ3v) is 4.99. The first-order valence-corrected chi connectivity index (χ1v) is 11.4. The molecule has 1 N–H and O–H groups in total. The average Bonchev–Trinajstić information content (AvgIpc) is 3.27. The summed E-state index contributed by atoms with van der Waals surface area (Å²) in [4.78, 5) is 38.9. The van der Waals surface area contributed by atoms with Crippen LogP contribution in [0.2, 0.25) is 0 Å². The summed E-state index contributed by atoms with van der Waals surface area (Å²) in [6, 6.07) is 12.7. The van der Waals surface area contributed by atoms with Gasteiger partial charge in [0.15, 0.2) is 29.2 Å². The van der Waals surface area contributed by atoms with E-state index in [1.807, 2.05) is 13.8 Å². The van der Waals surface area contributed by atoms with Gasteiger partial charge in [-0.15, -0.1) is 0 Å². The Labute approximate surface area is 203 Å². The number of hydrogen-bond donors (Lipinski definition) is 1. The fraction of sp³-hybridized carbons (Fsp3) is 0.308. The van der Waals surface area contributed by atoms with E-state index in [1.165, 1.54) is 12.1 Å². The van der Waals surface area contributed by atoms with E-state index < -0.39 is 23.8 Å². The van der Waals surface area contributed by atoms with Crippen LogP contribution >= 0.6 is 0 Å². The summed E-state index contributed by atoms with van der Waals surface area (Å²) < 4.78 is 21.6. The van der Waals surface area contributed by atoms with Crippen molar-refractivity contribution in [1.29, 1.82) is 0 Å². The molecule has 0 saturated carbocycles. The Morgan fingerprint density at radius 1 is 0.943 bits per heavy atom. The van der Waals surface area contributed by atoms with E-state index in [-0.39, 0.29) is 23.4 Å². The third-order valence-electron chi connectivity index (χ3n) is 4.99. The number of esters is 1. The van der Waals surface area contributed by atoms with Crippen molar-refractivity contribution in [2.24, 2.45) is 0 Å². The molecule has 0 saturated heterocycles. The molecule has 3 aromatic rings. The summed E-state index contributed by atoms with van der Waals surface area (Å²) in [5.74, 6) is -0.0206. The lowest BCUT2D eigenvalue weighted by Gasteiger charge is -2.16. The Morgan fingerprint density at radius 2 is 1.63 bits per heavy atom. The highest BCUT2D eigenvalue weighted by Crippen LogP contribution is 2.30. The maximum atomic E-state index is 13.3. The van der Waals surface area contributed by atoms with Crippen molar-refractivity contribution in [3.05, 3.63) is 71.0 Å². The lowest BCUT2D eigenvalue weighted by atomic mass is 9.98. The molecule has 1 heterocycles. The molecule has 0 aliphatic heterocycles. The monoisotopic (exact) mass is 480 g/mol. The van der Waals surface area contributed by atoms with Crippen molar-refractivity contribution in [3.8, 4) is 11.5 Å². The number of ketones is 1. The van der Waals surface area contributed by atoms with Crippen molar-refractivity contribution in [2.75, 3.05) is 18.5 Å². The zero-order chi connectivity index (χ0) is 25.4. The third kappa shape index (κ3) is 6.26. The number of anilines is 1. The molecule has 35 heavy (non-hydrogen) atoms. The molecule has 9 heteroatoms. The van der Waals surface area contributed by atoms with Crippen LogP contribution in [-0.2, 0) is 9.53 Å². The average molecular weight is 481 g/mol. The minimum atomic E-state index is -1.09. The summed E-state index contributed by atoms with van der Waals surface area (Å²) in [7, 11) is 0. The number of hydrogen-bond acceptors (Lipinski definition) is 8. The Bertz CT molecular complexity index is 1200. The number of carbonyl (C=O) groups excluding carboxylic acids is 3. The minimum absolute atomic E-state index is 0.0490. The molecular weight excluding hydrogens is 452 g/mol. The Morgan fingerprint density at radius 3 is 2.26 bits per heavy atom. The zero-order valence-electron chi connectivity index (χ0n) is 20.1. The minimum Gasteiger partial charge on any atom is -0.490 e. The molecule has 184 valence electrons. The van der Waals surface area contributed by atoms with E-state index in [2.05, 4.69) is 10.5 Å². The smallest absolute Gasteiger partial charge is 0.339 e. The molecule has 1 atom stereocenters. The molecule has 0 bridgehead atoms. The molecule has 2 aromatic carbocycles. The number of nitrogens with one attached hydrogen (secondary N) is 1. The molecule has 1 amide bonds. The fourth-order valence-corrected chi connectivity index (χ4v) is 3.35. The van der Waals surface area contributed by atoms with Crippen LogP contribution in [0.5, 0.6) is 11.5 Å². The molecule has 0 spiro atoms. The normalized spacial score (nSPS) is 11.4. The maximum Gasteiger partial charge on any atom is 0.339 e. The van der Waals surface area contributed by atoms with Crippen molar-refractivity contribution in [2.45, 2.75) is 40.2 Å². The van der Waals surface area contributed by atoms with Gasteiger partial charge in [0.05, 0.1) is 18.8 Å². The highest BCUT2D eigenvalue weighted by Gasteiger charge is 2.26. The van der Waals surface area contributed by atoms with Gasteiger partial charge in [-0.05, 0) is 51.5 Å². The second kappa shape index (κ2) is 11.8. The van der Waals surface area contributed by atoms with Crippen LogP contribution in [-0.4, -0.2) is 42.1 Å². The molecule has 3 rings (SSSR count). The largest absolute Gasteiger partial charge is 0.490 e. The fourth-order valence-electron chi connectivity index (χ4n) is 3.35. The van der Waals surface area contributed by atoms with Crippen molar-refractivity contribution in [3.63, 3.8) is 0 Å². The van der Waals surface area contributed by atoms with E-state index in [0.29, 0.717) is 36.0 Å². The van der Waals surface area contributed by atoms with Gasteiger partial charge in [-0.25, -0.2) is 4.79 Å². The van der Waals surface area contributed by atoms with Crippen molar-refractivity contribution >= 4 is 23.5 Å². The van der Waals surface area contributed by atoms with Crippen molar-refractivity contribution < 1.29 is 33.1 Å². The SMILES string of the molecule is CCOc1ccc(C(=O)c2ccccc2C(=O)OC(CC)C(=O)Nc2cc(C)on2)cc1OCC. The summed E-state index contributed by atoms with van der Waals surface area (Å²) in [5.41, 5.74) is 0.516. The predicted molar refractivity (Wildman–Crippen MR) is 128 cm³/mol. The summed E-state index contributed by atoms with van der Waals surface area (Å²) >= 11 is 0. The van der Waals surface area contributed by atoms with E-state index in [1.54, 1.807) is 50.2 Å². The van der Waals surface area contributed by atoms with E-state index in [0.717, 1.165) is 0 Å². The van der Waals surface area contributed by atoms with E-state index >= 15 is 0 Å². The zero-order valence-corrected chi connectivity index (χ0v) is 20.1. The topological polar surface area (TPSA) is 117 Å². The van der Waals surface area contributed by atoms with Gasteiger partial charge >= 0.3 is 5.97 Å². The Balaban J connectivity index is 1.82.